The highest BCUT2D eigenvalue weighted by atomic mass is 16.1. The van der Waals surface area contributed by atoms with Gasteiger partial charge in [0, 0.05) is 18.3 Å². The maximum Gasteiger partial charge on any atom is 0.236 e. The molecule has 5 nitrogen and oxygen atoms in total. The highest BCUT2D eigenvalue weighted by molar-refractivity contribution is 5.79. The van der Waals surface area contributed by atoms with Gasteiger partial charge in [0.2, 0.25) is 5.91 Å². The summed E-state index contributed by atoms with van der Waals surface area (Å²) in [5.74, 6) is 0.690. The van der Waals surface area contributed by atoms with Gasteiger partial charge in [0.05, 0.1) is 5.69 Å². The lowest BCUT2D eigenvalue weighted by Gasteiger charge is -2.22. The van der Waals surface area contributed by atoms with E-state index in [0.717, 1.165) is 18.7 Å². The maximum atomic E-state index is 11.6. The fourth-order valence-corrected chi connectivity index (χ4v) is 2.79. The summed E-state index contributed by atoms with van der Waals surface area (Å²) < 4.78 is 2.17. The highest BCUT2D eigenvalue weighted by Crippen LogP contribution is 2.22. The van der Waals surface area contributed by atoms with Gasteiger partial charge in [0.1, 0.15) is 11.9 Å². The summed E-state index contributed by atoms with van der Waals surface area (Å²) in [6.07, 6.45) is 4.54. The number of fused-ring (bicyclic) bond motifs is 1. The molecular weight excluding hydrogens is 240 g/mol. The van der Waals surface area contributed by atoms with E-state index in [1.807, 2.05) is 20.8 Å². The van der Waals surface area contributed by atoms with E-state index in [1.165, 1.54) is 24.2 Å². The third kappa shape index (κ3) is 3.15. The Bertz CT molecular complexity index is 464. The van der Waals surface area contributed by atoms with Crippen molar-refractivity contribution in [3.8, 4) is 0 Å². The molecule has 1 aromatic heterocycles. The average molecular weight is 264 g/mol. The van der Waals surface area contributed by atoms with E-state index in [2.05, 4.69) is 14.9 Å². The quantitative estimate of drug-likeness (QED) is 0.830. The Balaban J connectivity index is 2.21. The van der Waals surface area contributed by atoms with E-state index in [4.69, 9.17) is 5.73 Å². The van der Waals surface area contributed by atoms with Gasteiger partial charge in [0.25, 0.3) is 0 Å². The minimum absolute atomic E-state index is 0.233. The second-order valence-corrected chi connectivity index (χ2v) is 5.65. The van der Waals surface area contributed by atoms with E-state index >= 15 is 0 Å². The number of imidazole rings is 1. The normalized spacial score (nSPS) is 16.4. The molecule has 106 valence electrons. The Morgan fingerprint density at radius 3 is 2.74 bits per heavy atom. The molecule has 0 aliphatic heterocycles. The molecular formula is C14H24N4O. The van der Waals surface area contributed by atoms with Crippen LogP contribution in [0.15, 0.2) is 0 Å². The molecule has 0 radical (unpaired) electrons. The Kier molecular flexibility index (Phi) is 4.24. The Hall–Kier alpha value is -1.36. The van der Waals surface area contributed by atoms with Gasteiger partial charge in [-0.2, -0.15) is 0 Å². The van der Waals surface area contributed by atoms with Gasteiger partial charge in [-0.3, -0.25) is 4.79 Å². The number of nitrogens with zero attached hydrogens (tertiary/aromatic N) is 2. The summed E-state index contributed by atoms with van der Waals surface area (Å²) in [4.78, 5) is 16.2. The number of hydrogen-bond acceptors (Lipinski definition) is 3. The number of carbonyl (C=O) groups is 1. The summed E-state index contributed by atoms with van der Waals surface area (Å²) in [6.45, 7) is 6.63. The molecule has 1 amide bonds. The molecule has 2 rings (SSSR count). The minimum Gasteiger partial charge on any atom is -0.368 e. The Morgan fingerprint density at radius 1 is 1.42 bits per heavy atom. The van der Waals surface area contributed by atoms with E-state index in [1.54, 1.807) is 0 Å². The lowest BCUT2D eigenvalue weighted by Crippen LogP contribution is -2.47. The zero-order valence-corrected chi connectivity index (χ0v) is 12.1. The van der Waals surface area contributed by atoms with Crippen LogP contribution in [0.1, 0.15) is 43.9 Å². The average Bonchev–Trinajstić information content (AvgIpc) is 2.64. The zero-order chi connectivity index (χ0) is 14.0. The van der Waals surface area contributed by atoms with Crippen LogP contribution >= 0.6 is 0 Å². The maximum absolute atomic E-state index is 11.6. The van der Waals surface area contributed by atoms with Gasteiger partial charge < -0.3 is 15.6 Å². The van der Waals surface area contributed by atoms with Crippen LogP contribution < -0.4 is 11.1 Å². The number of aryl methyl sites for hydroxylation is 2. The molecule has 0 aromatic carbocycles. The van der Waals surface area contributed by atoms with Crippen LogP contribution in [0.5, 0.6) is 0 Å². The summed E-state index contributed by atoms with van der Waals surface area (Å²) >= 11 is 0. The molecule has 3 N–H and O–H groups in total. The first-order valence-electron chi connectivity index (χ1n) is 7.09. The molecule has 1 aliphatic carbocycles. The number of primary amides is 1. The number of nitrogens with two attached hydrogens (primary N) is 1. The van der Waals surface area contributed by atoms with E-state index in [9.17, 15) is 4.79 Å². The molecule has 0 bridgehead atoms. The zero-order valence-electron chi connectivity index (χ0n) is 12.1. The number of nitrogens with one attached hydrogen (secondary N) is 1. The van der Waals surface area contributed by atoms with Crippen molar-refractivity contribution in [1.29, 1.82) is 0 Å². The van der Waals surface area contributed by atoms with Gasteiger partial charge >= 0.3 is 0 Å². The molecule has 1 atom stereocenters. The predicted molar refractivity (Wildman–Crippen MR) is 74.9 cm³/mol. The molecule has 0 saturated carbocycles. The van der Waals surface area contributed by atoms with Crippen molar-refractivity contribution in [3.63, 3.8) is 0 Å². The number of rotatable bonds is 5. The third-order valence-corrected chi connectivity index (χ3v) is 3.67. The lowest BCUT2D eigenvalue weighted by atomic mass is 10.0. The fraction of sp³-hybridized carbons (Fsp3) is 0.714. The first-order valence-corrected chi connectivity index (χ1v) is 7.09. The molecule has 1 unspecified atom stereocenters. The first kappa shape index (κ1) is 14.1. The van der Waals surface area contributed by atoms with Gasteiger partial charge in [-0.1, -0.05) is 13.8 Å². The lowest BCUT2D eigenvalue weighted by molar-refractivity contribution is -0.120. The van der Waals surface area contributed by atoms with Crippen LogP contribution in [0.4, 0.5) is 0 Å². The van der Waals surface area contributed by atoms with Crippen molar-refractivity contribution >= 4 is 5.91 Å². The largest absolute Gasteiger partial charge is 0.368 e. The van der Waals surface area contributed by atoms with Crippen molar-refractivity contribution in [2.75, 3.05) is 0 Å². The number of amides is 1. The van der Waals surface area contributed by atoms with Crippen molar-refractivity contribution in [3.05, 3.63) is 17.2 Å². The summed E-state index contributed by atoms with van der Waals surface area (Å²) in [5, 5.41) is 3.23. The van der Waals surface area contributed by atoms with Gasteiger partial charge in [-0.05, 0) is 32.6 Å². The van der Waals surface area contributed by atoms with E-state index < -0.39 is 0 Å². The molecule has 0 spiro atoms. The second kappa shape index (κ2) is 5.74. The van der Waals surface area contributed by atoms with Crippen LogP contribution in [0.2, 0.25) is 0 Å². The Labute approximate surface area is 114 Å². The van der Waals surface area contributed by atoms with Gasteiger partial charge in [0.15, 0.2) is 0 Å². The van der Waals surface area contributed by atoms with Crippen LogP contribution in [-0.2, 0) is 24.2 Å². The summed E-state index contributed by atoms with van der Waals surface area (Å²) in [5.41, 5.74) is 7.99. The van der Waals surface area contributed by atoms with Gasteiger partial charge in [-0.25, -0.2) is 4.98 Å². The molecule has 0 saturated heterocycles. The molecule has 1 heterocycles. The molecule has 0 fully saturated rings. The SMILES string of the molecule is Cc1nc2c(n1CC(NC(C)C)C(N)=O)CCCC2. The highest BCUT2D eigenvalue weighted by Gasteiger charge is 2.23. The smallest absolute Gasteiger partial charge is 0.236 e. The summed E-state index contributed by atoms with van der Waals surface area (Å²) in [7, 11) is 0. The van der Waals surface area contributed by atoms with Gasteiger partial charge in [-0.15, -0.1) is 0 Å². The number of carbonyl (C=O) groups excluding carboxylic acids is 1. The predicted octanol–water partition coefficient (Wildman–Crippen LogP) is 0.922. The summed E-state index contributed by atoms with van der Waals surface area (Å²) in [6, 6.07) is -0.101. The first-order chi connectivity index (χ1) is 8.99. The minimum atomic E-state index is -0.334. The molecule has 1 aliphatic rings. The molecule has 19 heavy (non-hydrogen) atoms. The fourth-order valence-electron chi connectivity index (χ4n) is 2.79. The third-order valence-electron chi connectivity index (χ3n) is 3.67. The van der Waals surface area contributed by atoms with Crippen LogP contribution in [0.3, 0.4) is 0 Å². The van der Waals surface area contributed by atoms with Crippen molar-refractivity contribution < 1.29 is 4.79 Å². The van der Waals surface area contributed by atoms with Crippen LogP contribution in [0, 0.1) is 6.92 Å². The molecule has 1 aromatic rings. The second-order valence-electron chi connectivity index (χ2n) is 5.65. The van der Waals surface area contributed by atoms with Crippen LogP contribution in [-0.4, -0.2) is 27.5 Å². The number of hydrogen-bond donors (Lipinski definition) is 2. The topological polar surface area (TPSA) is 72.9 Å². The van der Waals surface area contributed by atoms with Crippen molar-refractivity contribution in [1.82, 2.24) is 14.9 Å². The number of aromatic nitrogens is 2. The van der Waals surface area contributed by atoms with E-state index in [0.29, 0.717) is 6.54 Å². The van der Waals surface area contributed by atoms with Crippen LogP contribution in [0.25, 0.3) is 0 Å². The van der Waals surface area contributed by atoms with E-state index in [-0.39, 0.29) is 18.0 Å². The monoisotopic (exact) mass is 264 g/mol. The standard InChI is InChI=1S/C14H24N4O/c1-9(2)16-12(14(15)19)8-18-10(3)17-11-6-4-5-7-13(11)18/h9,12,16H,4-8H2,1-3H3,(H2,15,19). The van der Waals surface area contributed by atoms with Crippen molar-refractivity contribution in [2.45, 2.75) is 65.1 Å². The Morgan fingerprint density at radius 2 is 2.11 bits per heavy atom. The van der Waals surface area contributed by atoms with Crippen molar-refractivity contribution in [2.24, 2.45) is 5.73 Å². The molecule has 5 heteroatoms.